The number of hydrogen-bond acceptors (Lipinski definition) is 5. The van der Waals surface area contributed by atoms with Crippen molar-refractivity contribution in [3.05, 3.63) is 48.3 Å². The van der Waals surface area contributed by atoms with Gasteiger partial charge in [-0.15, -0.1) is 0 Å². The van der Waals surface area contributed by atoms with E-state index < -0.39 is 15.7 Å². The lowest BCUT2D eigenvalue weighted by Crippen LogP contribution is -2.43. The van der Waals surface area contributed by atoms with E-state index in [-0.39, 0.29) is 27.8 Å². The molecule has 1 aliphatic heterocycles. The SMILES string of the molecule is CCC(=O)Nc1cc(N2CCNCC2)ccc1S(=O)(=O)c1cccc(F)c1. The molecule has 6 nitrogen and oxygen atoms in total. The average molecular weight is 391 g/mol. The van der Waals surface area contributed by atoms with Gasteiger partial charge in [-0.25, -0.2) is 12.8 Å². The highest BCUT2D eigenvalue weighted by Gasteiger charge is 2.24. The zero-order chi connectivity index (χ0) is 19.4. The highest BCUT2D eigenvalue weighted by molar-refractivity contribution is 7.91. The molecule has 8 heteroatoms. The van der Waals surface area contributed by atoms with Gasteiger partial charge in [0.25, 0.3) is 0 Å². The number of amides is 1. The summed E-state index contributed by atoms with van der Waals surface area (Å²) in [5, 5.41) is 5.94. The van der Waals surface area contributed by atoms with Crippen LogP contribution in [0.15, 0.2) is 52.3 Å². The lowest BCUT2D eigenvalue weighted by Gasteiger charge is -2.30. The fourth-order valence-corrected chi connectivity index (χ4v) is 4.40. The first kappa shape index (κ1) is 19.3. The van der Waals surface area contributed by atoms with Crippen molar-refractivity contribution in [1.29, 1.82) is 0 Å². The van der Waals surface area contributed by atoms with Crippen LogP contribution in [-0.4, -0.2) is 40.5 Å². The van der Waals surface area contributed by atoms with E-state index in [9.17, 15) is 17.6 Å². The smallest absolute Gasteiger partial charge is 0.224 e. The minimum Gasteiger partial charge on any atom is -0.369 e. The summed E-state index contributed by atoms with van der Waals surface area (Å²) in [5.41, 5.74) is 1.04. The molecule has 1 aliphatic rings. The average Bonchev–Trinajstić information content (AvgIpc) is 2.68. The van der Waals surface area contributed by atoms with E-state index in [0.717, 1.165) is 37.9 Å². The minimum absolute atomic E-state index is 0.0474. The maximum Gasteiger partial charge on any atom is 0.224 e. The summed E-state index contributed by atoms with van der Waals surface area (Å²) in [6.45, 7) is 4.94. The molecule has 1 heterocycles. The number of piperazine rings is 1. The van der Waals surface area contributed by atoms with Gasteiger partial charge in [0.1, 0.15) is 5.82 Å². The van der Waals surface area contributed by atoms with Gasteiger partial charge in [0.05, 0.1) is 15.5 Å². The highest BCUT2D eigenvalue weighted by atomic mass is 32.2. The topological polar surface area (TPSA) is 78.5 Å². The van der Waals surface area contributed by atoms with Crippen LogP contribution in [0.2, 0.25) is 0 Å². The van der Waals surface area contributed by atoms with Crippen LogP contribution in [-0.2, 0) is 14.6 Å². The third kappa shape index (κ3) is 4.28. The second-order valence-electron chi connectivity index (χ2n) is 6.28. The summed E-state index contributed by atoms with van der Waals surface area (Å²) in [4.78, 5) is 13.9. The summed E-state index contributed by atoms with van der Waals surface area (Å²) >= 11 is 0. The molecule has 0 atom stereocenters. The van der Waals surface area contributed by atoms with Crippen LogP contribution in [0.25, 0.3) is 0 Å². The molecule has 1 amide bonds. The summed E-state index contributed by atoms with van der Waals surface area (Å²) in [6, 6.07) is 9.72. The van der Waals surface area contributed by atoms with Crippen LogP contribution >= 0.6 is 0 Å². The van der Waals surface area contributed by atoms with Crippen molar-refractivity contribution in [2.45, 2.75) is 23.1 Å². The van der Waals surface area contributed by atoms with Crippen molar-refractivity contribution in [3.8, 4) is 0 Å². The Morgan fingerprint density at radius 2 is 1.93 bits per heavy atom. The van der Waals surface area contributed by atoms with Crippen LogP contribution in [0.4, 0.5) is 15.8 Å². The van der Waals surface area contributed by atoms with Gasteiger partial charge < -0.3 is 15.5 Å². The van der Waals surface area contributed by atoms with Gasteiger partial charge in [-0.3, -0.25) is 4.79 Å². The molecule has 1 saturated heterocycles. The molecule has 144 valence electrons. The van der Waals surface area contributed by atoms with Gasteiger partial charge in [0.2, 0.25) is 15.7 Å². The molecular formula is C19H22FN3O3S. The lowest BCUT2D eigenvalue weighted by molar-refractivity contribution is -0.115. The summed E-state index contributed by atoms with van der Waals surface area (Å²) in [6.07, 6.45) is 0.220. The molecule has 2 aromatic carbocycles. The second kappa shape index (κ2) is 8.06. The Labute approximate surface area is 158 Å². The van der Waals surface area contributed by atoms with E-state index in [0.29, 0.717) is 0 Å². The van der Waals surface area contributed by atoms with Gasteiger partial charge in [-0.2, -0.15) is 0 Å². The first-order valence-corrected chi connectivity index (χ1v) is 10.3. The van der Waals surface area contributed by atoms with Crippen molar-refractivity contribution in [3.63, 3.8) is 0 Å². The number of hydrogen-bond donors (Lipinski definition) is 2. The molecule has 0 radical (unpaired) electrons. The predicted molar refractivity (Wildman–Crippen MR) is 102 cm³/mol. The molecule has 3 rings (SSSR count). The number of anilines is 2. The standard InChI is InChI=1S/C19H22FN3O3S/c1-2-19(24)22-17-13-15(23-10-8-21-9-11-23)6-7-18(17)27(25,26)16-5-3-4-14(20)12-16/h3-7,12-13,21H,2,8-11H2,1H3,(H,22,24). The Morgan fingerprint density at radius 3 is 2.59 bits per heavy atom. The molecule has 27 heavy (non-hydrogen) atoms. The number of carbonyl (C=O) groups is 1. The van der Waals surface area contributed by atoms with Gasteiger partial charge in [0.15, 0.2) is 0 Å². The molecule has 0 saturated carbocycles. The maximum absolute atomic E-state index is 13.5. The van der Waals surface area contributed by atoms with Crippen molar-refractivity contribution in [1.82, 2.24) is 5.32 Å². The first-order valence-electron chi connectivity index (χ1n) is 8.82. The number of carbonyl (C=O) groups excluding carboxylic acids is 1. The van der Waals surface area contributed by atoms with E-state index >= 15 is 0 Å². The van der Waals surface area contributed by atoms with Crippen LogP contribution in [0.3, 0.4) is 0 Å². The Balaban J connectivity index is 2.06. The van der Waals surface area contributed by atoms with Crippen molar-refractivity contribution >= 4 is 27.1 Å². The zero-order valence-corrected chi connectivity index (χ0v) is 15.9. The molecule has 0 bridgehead atoms. The van der Waals surface area contributed by atoms with Crippen LogP contribution in [0.5, 0.6) is 0 Å². The van der Waals surface area contributed by atoms with Crippen LogP contribution in [0, 0.1) is 5.82 Å². The molecule has 0 aromatic heterocycles. The molecule has 0 spiro atoms. The van der Waals surface area contributed by atoms with Crippen molar-refractivity contribution < 1.29 is 17.6 Å². The Kier molecular flexibility index (Phi) is 5.76. The zero-order valence-electron chi connectivity index (χ0n) is 15.0. The van der Waals surface area contributed by atoms with E-state index in [4.69, 9.17) is 0 Å². The quantitative estimate of drug-likeness (QED) is 0.818. The molecule has 1 fully saturated rings. The van der Waals surface area contributed by atoms with Gasteiger partial charge >= 0.3 is 0 Å². The van der Waals surface area contributed by atoms with Gasteiger partial charge in [-0.05, 0) is 36.4 Å². The van der Waals surface area contributed by atoms with E-state index in [1.54, 1.807) is 19.1 Å². The summed E-state index contributed by atoms with van der Waals surface area (Å²) in [5.74, 6) is -0.921. The maximum atomic E-state index is 13.5. The number of benzene rings is 2. The van der Waals surface area contributed by atoms with Crippen LogP contribution < -0.4 is 15.5 Å². The fourth-order valence-electron chi connectivity index (χ4n) is 2.97. The molecule has 2 aromatic rings. The predicted octanol–water partition coefficient (Wildman–Crippen LogP) is 2.42. The lowest BCUT2D eigenvalue weighted by atomic mass is 10.2. The normalized spacial score (nSPS) is 14.8. The minimum atomic E-state index is -3.98. The van der Waals surface area contributed by atoms with E-state index in [1.807, 2.05) is 0 Å². The van der Waals surface area contributed by atoms with Crippen molar-refractivity contribution in [2.24, 2.45) is 0 Å². The number of nitrogens with zero attached hydrogens (tertiary/aromatic N) is 1. The first-order chi connectivity index (χ1) is 12.9. The second-order valence-corrected chi connectivity index (χ2v) is 8.20. The summed E-state index contributed by atoms with van der Waals surface area (Å²) in [7, 11) is -3.98. The fraction of sp³-hybridized carbons (Fsp3) is 0.316. The number of nitrogens with one attached hydrogen (secondary N) is 2. The van der Waals surface area contributed by atoms with Crippen molar-refractivity contribution in [2.75, 3.05) is 36.4 Å². The third-order valence-corrected chi connectivity index (χ3v) is 6.25. The van der Waals surface area contributed by atoms with E-state index in [2.05, 4.69) is 15.5 Å². The summed E-state index contributed by atoms with van der Waals surface area (Å²) < 4.78 is 39.6. The highest BCUT2D eigenvalue weighted by Crippen LogP contribution is 2.32. The Hall–Kier alpha value is -2.45. The Morgan fingerprint density at radius 1 is 1.19 bits per heavy atom. The number of rotatable bonds is 5. The molecule has 2 N–H and O–H groups in total. The molecular weight excluding hydrogens is 369 g/mol. The molecule has 0 unspecified atom stereocenters. The van der Waals surface area contributed by atoms with E-state index in [1.165, 1.54) is 24.3 Å². The largest absolute Gasteiger partial charge is 0.369 e. The third-order valence-electron chi connectivity index (χ3n) is 4.44. The molecule has 0 aliphatic carbocycles. The number of halogens is 1. The number of sulfone groups is 1. The van der Waals surface area contributed by atoms with Crippen LogP contribution in [0.1, 0.15) is 13.3 Å². The monoisotopic (exact) mass is 391 g/mol. The van der Waals surface area contributed by atoms with Gasteiger partial charge in [-0.1, -0.05) is 13.0 Å². The Bertz CT molecular complexity index is 941. The van der Waals surface area contributed by atoms with Gasteiger partial charge in [0, 0.05) is 38.3 Å².